The quantitative estimate of drug-likeness (QED) is 0.556. The summed E-state index contributed by atoms with van der Waals surface area (Å²) in [6, 6.07) is 14.1. The molecular weight excluding hydrogens is 388 g/mol. The van der Waals surface area contributed by atoms with Gasteiger partial charge in [-0.25, -0.2) is 8.42 Å². The minimum Gasteiger partial charge on any atom is -0.495 e. The lowest BCUT2D eigenvalue weighted by atomic mass is 10.1. The highest BCUT2D eigenvalue weighted by Gasteiger charge is 2.27. The monoisotopic (exact) mass is 416 g/mol. The van der Waals surface area contributed by atoms with Crippen LogP contribution in [0.2, 0.25) is 0 Å². The van der Waals surface area contributed by atoms with Crippen LogP contribution in [0, 0.1) is 0 Å². The molecule has 0 heterocycles. The second kappa shape index (κ2) is 10.2. The van der Waals surface area contributed by atoms with E-state index in [-0.39, 0.29) is 22.1 Å². The van der Waals surface area contributed by atoms with Crippen molar-refractivity contribution in [2.24, 2.45) is 0 Å². The van der Waals surface area contributed by atoms with Gasteiger partial charge in [-0.3, -0.25) is 4.79 Å². The number of methoxy groups -OCH3 is 1. The summed E-state index contributed by atoms with van der Waals surface area (Å²) in [6.45, 7) is 8.68. The molecule has 0 unspecified atom stereocenters. The molecule has 0 aliphatic carbocycles. The molecule has 0 fully saturated rings. The maximum Gasteiger partial charge on any atom is 0.254 e. The van der Waals surface area contributed by atoms with Crippen molar-refractivity contribution >= 4 is 15.9 Å². The van der Waals surface area contributed by atoms with E-state index in [0.29, 0.717) is 26.2 Å². The van der Waals surface area contributed by atoms with Crippen LogP contribution in [0.5, 0.6) is 5.75 Å². The molecule has 156 valence electrons. The molecule has 1 amide bonds. The van der Waals surface area contributed by atoms with Crippen LogP contribution in [0.25, 0.3) is 0 Å². The maximum atomic E-state index is 13.2. The molecule has 0 radical (unpaired) electrons. The van der Waals surface area contributed by atoms with Gasteiger partial charge in [0, 0.05) is 31.7 Å². The highest BCUT2D eigenvalue weighted by Crippen LogP contribution is 2.28. The van der Waals surface area contributed by atoms with Crippen LogP contribution in [-0.2, 0) is 16.6 Å². The maximum absolute atomic E-state index is 13.2. The summed E-state index contributed by atoms with van der Waals surface area (Å²) in [5.41, 5.74) is 1.27. The number of benzene rings is 2. The standard InChI is InChI=1S/C22H28N2O4S/c1-5-15-23(17-18-11-9-8-10-12-18)22(25)19-13-14-20(28-4)21(16-19)29(26,27)24(6-2)7-3/h5,8-14,16H,1,6-7,15,17H2,2-4H3. The average Bonchev–Trinajstić information content (AvgIpc) is 2.74. The Morgan fingerprint density at radius 2 is 1.76 bits per heavy atom. The summed E-state index contributed by atoms with van der Waals surface area (Å²) < 4.78 is 32.7. The SMILES string of the molecule is C=CCN(Cc1ccccc1)C(=O)c1ccc(OC)c(S(=O)(=O)N(CC)CC)c1. The molecule has 0 atom stereocenters. The van der Waals surface area contributed by atoms with Gasteiger partial charge < -0.3 is 9.64 Å². The Hall–Kier alpha value is -2.64. The lowest BCUT2D eigenvalue weighted by Gasteiger charge is -2.23. The molecule has 29 heavy (non-hydrogen) atoms. The highest BCUT2D eigenvalue weighted by molar-refractivity contribution is 7.89. The summed E-state index contributed by atoms with van der Waals surface area (Å²) >= 11 is 0. The number of nitrogens with zero attached hydrogens (tertiary/aromatic N) is 2. The van der Waals surface area contributed by atoms with Gasteiger partial charge in [-0.15, -0.1) is 6.58 Å². The topological polar surface area (TPSA) is 66.9 Å². The smallest absolute Gasteiger partial charge is 0.254 e. The van der Waals surface area contributed by atoms with E-state index in [2.05, 4.69) is 6.58 Å². The Labute approximate surface area is 173 Å². The minimum absolute atomic E-state index is 0.00665. The highest BCUT2D eigenvalue weighted by atomic mass is 32.2. The van der Waals surface area contributed by atoms with Crippen LogP contribution < -0.4 is 4.74 Å². The van der Waals surface area contributed by atoms with Crippen LogP contribution >= 0.6 is 0 Å². The van der Waals surface area contributed by atoms with E-state index in [1.807, 2.05) is 30.3 Å². The van der Waals surface area contributed by atoms with E-state index < -0.39 is 10.0 Å². The largest absolute Gasteiger partial charge is 0.495 e. The van der Waals surface area contributed by atoms with Crippen molar-refractivity contribution in [2.45, 2.75) is 25.3 Å². The number of rotatable bonds is 10. The Morgan fingerprint density at radius 1 is 1.10 bits per heavy atom. The van der Waals surface area contributed by atoms with Crippen molar-refractivity contribution in [2.75, 3.05) is 26.7 Å². The van der Waals surface area contributed by atoms with Gasteiger partial charge in [0.25, 0.3) is 5.91 Å². The number of hydrogen-bond donors (Lipinski definition) is 0. The first-order valence-electron chi connectivity index (χ1n) is 9.51. The molecular formula is C22H28N2O4S. The van der Waals surface area contributed by atoms with Crippen LogP contribution in [0.3, 0.4) is 0 Å². The summed E-state index contributed by atoms with van der Waals surface area (Å²) in [5.74, 6) is -0.0563. The second-order valence-corrected chi connectivity index (χ2v) is 8.32. The molecule has 0 saturated carbocycles. The predicted octanol–water partition coefficient (Wildman–Crippen LogP) is 3.55. The zero-order chi connectivity index (χ0) is 21.4. The predicted molar refractivity (Wildman–Crippen MR) is 114 cm³/mol. The van der Waals surface area contributed by atoms with Crippen molar-refractivity contribution < 1.29 is 17.9 Å². The van der Waals surface area contributed by atoms with Crippen molar-refractivity contribution in [3.05, 3.63) is 72.3 Å². The van der Waals surface area contributed by atoms with E-state index in [0.717, 1.165) is 5.56 Å². The third kappa shape index (κ3) is 5.25. The molecule has 2 rings (SSSR count). The first-order valence-corrected chi connectivity index (χ1v) is 10.9. The van der Waals surface area contributed by atoms with Gasteiger partial charge in [-0.2, -0.15) is 4.31 Å². The van der Waals surface area contributed by atoms with Gasteiger partial charge in [0.1, 0.15) is 10.6 Å². The average molecular weight is 417 g/mol. The zero-order valence-electron chi connectivity index (χ0n) is 17.2. The van der Waals surface area contributed by atoms with Gasteiger partial charge in [-0.1, -0.05) is 50.3 Å². The lowest BCUT2D eigenvalue weighted by Crippen LogP contribution is -2.32. The number of carbonyl (C=O) groups is 1. The van der Waals surface area contributed by atoms with Crippen molar-refractivity contribution in [1.29, 1.82) is 0 Å². The number of carbonyl (C=O) groups excluding carboxylic acids is 1. The van der Waals surface area contributed by atoms with E-state index in [1.54, 1.807) is 30.9 Å². The molecule has 2 aromatic rings. The molecule has 0 spiro atoms. The fourth-order valence-electron chi connectivity index (χ4n) is 3.08. The molecule has 0 bridgehead atoms. The van der Waals surface area contributed by atoms with Crippen LogP contribution in [0.4, 0.5) is 0 Å². The Kier molecular flexibility index (Phi) is 7.99. The summed E-state index contributed by atoms with van der Waals surface area (Å²) in [7, 11) is -2.37. The van der Waals surface area contributed by atoms with Gasteiger partial charge in [0.05, 0.1) is 7.11 Å². The molecule has 0 saturated heterocycles. The molecule has 0 aliphatic heterocycles. The second-order valence-electron chi connectivity index (χ2n) is 6.41. The Bertz CT molecular complexity index is 939. The lowest BCUT2D eigenvalue weighted by molar-refractivity contribution is 0.0762. The number of sulfonamides is 1. The zero-order valence-corrected chi connectivity index (χ0v) is 18.0. The Morgan fingerprint density at radius 3 is 2.31 bits per heavy atom. The minimum atomic E-state index is -3.78. The van der Waals surface area contributed by atoms with Gasteiger partial charge in [-0.05, 0) is 23.8 Å². The van der Waals surface area contributed by atoms with Crippen LogP contribution in [-0.4, -0.2) is 50.3 Å². The van der Waals surface area contributed by atoms with E-state index in [1.165, 1.54) is 23.5 Å². The molecule has 2 aromatic carbocycles. The van der Waals surface area contributed by atoms with Crippen molar-refractivity contribution in [1.82, 2.24) is 9.21 Å². The van der Waals surface area contributed by atoms with Crippen LogP contribution in [0.15, 0.2) is 66.1 Å². The van der Waals surface area contributed by atoms with Crippen molar-refractivity contribution in [3.8, 4) is 5.75 Å². The van der Waals surface area contributed by atoms with Crippen LogP contribution in [0.1, 0.15) is 29.8 Å². The summed E-state index contributed by atoms with van der Waals surface area (Å²) in [5, 5.41) is 0. The summed E-state index contributed by atoms with van der Waals surface area (Å²) in [4.78, 5) is 14.8. The fourth-order valence-corrected chi connectivity index (χ4v) is 4.71. The van der Waals surface area contributed by atoms with Crippen molar-refractivity contribution in [3.63, 3.8) is 0 Å². The Balaban J connectivity index is 2.45. The van der Waals surface area contributed by atoms with Gasteiger partial charge >= 0.3 is 0 Å². The number of amides is 1. The number of hydrogen-bond acceptors (Lipinski definition) is 4. The van der Waals surface area contributed by atoms with Gasteiger partial charge in [0.2, 0.25) is 10.0 Å². The molecule has 0 aromatic heterocycles. The molecule has 6 nitrogen and oxygen atoms in total. The summed E-state index contributed by atoms with van der Waals surface area (Å²) in [6.07, 6.45) is 1.65. The molecule has 0 aliphatic rings. The first-order chi connectivity index (χ1) is 13.9. The van der Waals surface area contributed by atoms with E-state index >= 15 is 0 Å². The molecule has 7 heteroatoms. The first kappa shape index (κ1) is 22.6. The fraction of sp³-hybridized carbons (Fsp3) is 0.318. The number of ether oxygens (including phenoxy) is 1. The third-order valence-corrected chi connectivity index (χ3v) is 6.66. The van der Waals surface area contributed by atoms with Gasteiger partial charge in [0.15, 0.2) is 0 Å². The normalized spacial score (nSPS) is 11.3. The third-order valence-electron chi connectivity index (χ3n) is 4.59. The van der Waals surface area contributed by atoms with E-state index in [4.69, 9.17) is 4.74 Å². The van der Waals surface area contributed by atoms with E-state index in [9.17, 15) is 13.2 Å². The molecule has 0 N–H and O–H groups in total.